The van der Waals surface area contributed by atoms with E-state index in [1.165, 1.54) is 0 Å². The molecule has 0 aliphatic rings. The lowest BCUT2D eigenvalue weighted by Gasteiger charge is -2.14. The predicted molar refractivity (Wildman–Crippen MR) is 81.9 cm³/mol. The minimum Gasteiger partial charge on any atom is -0.465 e. The molecule has 2 aromatic heterocycles. The Kier molecular flexibility index (Phi) is 4.88. The van der Waals surface area contributed by atoms with E-state index in [1.54, 1.807) is 25.2 Å². The Bertz CT molecular complexity index is 702. The molecule has 116 valence electrons. The molecule has 0 bridgehead atoms. The molecule has 0 fully saturated rings. The highest BCUT2D eigenvalue weighted by Crippen LogP contribution is 2.26. The number of furan rings is 1. The summed E-state index contributed by atoms with van der Waals surface area (Å²) in [5.41, 5.74) is 0.323. The monoisotopic (exact) mass is 329 g/mol. The van der Waals surface area contributed by atoms with E-state index in [0.29, 0.717) is 23.5 Å². The first-order valence-electron chi connectivity index (χ1n) is 6.59. The predicted octanol–water partition coefficient (Wildman–Crippen LogP) is 2.36. The Morgan fingerprint density at radius 1 is 1.38 bits per heavy atom. The van der Waals surface area contributed by atoms with Crippen molar-refractivity contribution in [2.45, 2.75) is 44.7 Å². The molecule has 2 N–H and O–H groups in total. The van der Waals surface area contributed by atoms with Gasteiger partial charge in [-0.2, -0.15) is 0 Å². The molecule has 0 saturated heterocycles. The smallest absolute Gasteiger partial charge is 0.244 e. The summed E-state index contributed by atoms with van der Waals surface area (Å²) < 4.78 is 33.0. The van der Waals surface area contributed by atoms with Gasteiger partial charge in [-0.3, -0.25) is 0 Å². The van der Waals surface area contributed by atoms with E-state index in [4.69, 9.17) is 4.42 Å². The Labute approximate surface area is 128 Å². The summed E-state index contributed by atoms with van der Waals surface area (Å²) in [7, 11) is -3.71. The van der Waals surface area contributed by atoms with Crippen molar-refractivity contribution in [3.8, 4) is 0 Å². The zero-order valence-electron chi connectivity index (χ0n) is 12.2. The Morgan fingerprint density at radius 2 is 2.10 bits per heavy atom. The second kappa shape index (κ2) is 6.31. The Morgan fingerprint density at radius 3 is 2.67 bits per heavy atom. The third kappa shape index (κ3) is 3.55. The maximum absolute atomic E-state index is 12.5. The van der Waals surface area contributed by atoms with Crippen molar-refractivity contribution in [3.05, 3.63) is 39.5 Å². The van der Waals surface area contributed by atoms with Gasteiger partial charge >= 0.3 is 0 Å². The van der Waals surface area contributed by atoms with Crippen molar-refractivity contribution in [1.29, 1.82) is 0 Å². The van der Waals surface area contributed by atoms with Crippen LogP contribution in [0.25, 0.3) is 0 Å². The first-order chi connectivity index (χ1) is 9.85. The highest BCUT2D eigenvalue weighted by Gasteiger charge is 2.27. The number of aliphatic hydroxyl groups is 1. The second-order valence-corrected chi connectivity index (χ2v) is 7.67. The number of hydrogen-bond donors (Lipinski definition) is 2. The van der Waals surface area contributed by atoms with Crippen LogP contribution in [0.4, 0.5) is 0 Å². The van der Waals surface area contributed by atoms with Crippen LogP contribution >= 0.6 is 11.3 Å². The fourth-order valence-corrected chi connectivity index (χ4v) is 4.86. The third-order valence-corrected chi connectivity index (χ3v) is 5.88. The molecular weight excluding hydrogens is 310 g/mol. The van der Waals surface area contributed by atoms with Gasteiger partial charge in [-0.15, -0.1) is 11.3 Å². The van der Waals surface area contributed by atoms with E-state index in [-0.39, 0.29) is 17.5 Å². The van der Waals surface area contributed by atoms with E-state index >= 15 is 0 Å². The van der Waals surface area contributed by atoms with Crippen LogP contribution in [0.2, 0.25) is 0 Å². The highest BCUT2D eigenvalue weighted by molar-refractivity contribution is 7.89. The van der Waals surface area contributed by atoms with Gasteiger partial charge in [0.2, 0.25) is 10.0 Å². The van der Waals surface area contributed by atoms with Gasteiger partial charge in [-0.25, -0.2) is 13.1 Å². The maximum atomic E-state index is 12.5. The Balaban J connectivity index is 2.22. The SMILES string of the molecule is Cc1oc(C)c(S(=O)(=O)NC(C)Cc2cccs2)c1CO. The number of hydrogen-bond acceptors (Lipinski definition) is 5. The fourth-order valence-electron chi connectivity index (χ4n) is 2.34. The fraction of sp³-hybridized carbons (Fsp3) is 0.429. The summed E-state index contributed by atoms with van der Waals surface area (Å²) >= 11 is 1.59. The zero-order valence-corrected chi connectivity index (χ0v) is 13.8. The van der Waals surface area contributed by atoms with Gasteiger partial charge in [-0.1, -0.05) is 6.07 Å². The standard InChI is InChI=1S/C14H19NO4S2/c1-9(7-12-5-4-6-20-12)15-21(17,18)14-11(3)19-10(2)13(14)8-16/h4-6,9,15-16H,7-8H2,1-3H3. The Hall–Kier alpha value is -1.15. The largest absolute Gasteiger partial charge is 0.465 e. The van der Waals surface area contributed by atoms with Crippen LogP contribution in [0.5, 0.6) is 0 Å². The van der Waals surface area contributed by atoms with Crippen LogP contribution in [-0.4, -0.2) is 19.6 Å². The summed E-state index contributed by atoms with van der Waals surface area (Å²) in [5.74, 6) is 0.730. The molecular formula is C14H19NO4S2. The molecule has 2 aromatic rings. The lowest BCUT2D eigenvalue weighted by molar-refractivity contribution is 0.276. The normalized spacial score (nSPS) is 13.5. The molecule has 5 nitrogen and oxygen atoms in total. The van der Waals surface area contributed by atoms with E-state index in [2.05, 4.69) is 4.72 Å². The number of rotatable bonds is 6. The molecule has 21 heavy (non-hydrogen) atoms. The van der Waals surface area contributed by atoms with Crippen LogP contribution < -0.4 is 4.72 Å². The minimum absolute atomic E-state index is 0.0560. The topological polar surface area (TPSA) is 79.5 Å². The van der Waals surface area contributed by atoms with Crippen molar-refractivity contribution in [2.24, 2.45) is 0 Å². The number of thiophene rings is 1. The molecule has 2 heterocycles. The molecule has 0 radical (unpaired) electrons. The molecule has 0 spiro atoms. The first kappa shape index (κ1) is 16.2. The van der Waals surface area contributed by atoms with Gasteiger partial charge in [0.25, 0.3) is 0 Å². The van der Waals surface area contributed by atoms with E-state index in [0.717, 1.165) is 4.88 Å². The van der Waals surface area contributed by atoms with Crippen molar-refractivity contribution in [1.82, 2.24) is 4.72 Å². The highest BCUT2D eigenvalue weighted by atomic mass is 32.2. The maximum Gasteiger partial charge on any atom is 0.244 e. The molecule has 1 unspecified atom stereocenters. The molecule has 0 aromatic carbocycles. The third-order valence-electron chi connectivity index (χ3n) is 3.20. The van der Waals surface area contributed by atoms with Crippen LogP contribution in [0.3, 0.4) is 0 Å². The number of aliphatic hydroxyl groups excluding tert-OH is 1. The molecule has 2 rings (SSSR count). The lowest BCUT2D eigenvalue weighted by Crippen LogP contribution is -2.34. The molecule has 1 atom stereocenters. The van der Waals surface area contributed by atoms with Crippen molar-refractivity contribution in [2.75, 3.05) is 0 Å². The average molecular weight is 329 g/mol. The van der Waals surface area contributed by atoms with Crippen LogP contribution in [0.15, 0.2) is 26.8 Å². The quantitative estimate of drug-likeness (QED) is 0.852. The van der Waals surface area contributed by atoms with Gasteiger partial charge in [0.1, 0.15) is 16.4 Å². The summed E-state index contributed by atoms with van der Waals surface area (Å²) in [4.78, 5) is 1.17. The summed E-state index contributed by atoms with van der Waals surface area (Å²) in [6.07, 6.45) is 0.626. The minimum atomic E-state index is -3.71. The van der Waals surface area contributed by atoms with Crippen molar-refractivity contribution in [3.63, 3.8) is 0 Å². The van der Waals surface area contributed by atoms with Crippen LogP contribution in [0, 0.1) is 13.8 Å². The average Bonchev–Trinajstić information content (AvgIpc) is 2.95. The van der Waals surface area contributed by atoms with Crippen molar-refractivity contribution < 1.29 is 17.9 Å². The summed E-state index contributed by atoms with van der Waals surface area (Å²) in [6.45, 7) is 4.69. The lowest BCUT2D eigenvalue weighted by atomic mass is 10.2. The first-order valence-corrected chi connectivity index (χ1v) is 8.96. The van der Waals surface area contributed by atoms with Crippen LogP contribution in [-0.2, 0) is 23.1 Å². The zero-order chi connectivity index (χ0) is 15.6. The van der Waals surface area contributed by atoms with Crippen LogP contribution in [0.1, 0.15) is 28.9 Å². The summed E-state index contributed by atoms with van der Waals surface area (Å²) in [5, 5.41) is 11.3. The van der Waals surface area contributed by atoms with Gasteiger partial charge in [-0.05, 0) is 38.6 Å². The van der Waals surface area contributed by atoms with E-state index in [9.17, 15) is 13.5 Å². The van der Waals surface area contributed by atoms with Gasteiger partial charge < -0.3 is 9.52 Å². The number of nitrogens with one attached hydrogen (secondary N) is 1. The molecule has 7 heteroatoms. The van der Waals surface area contributed by atoms with Gasteiger partial charge in [0, 0.05) is 16.5 Å². The van der Waals surface area contributed by atoms with Gasteiger partial charge in [0.15, 0.2) is 0 Å². The number of sulfonamides is 1. The number of aryl methyl sites for hydroxylation is 2. The molecule has 0 amide bonds. The van der Waals surface area contributed by atoms with Gasteiger partial charge in [0.05, 0.1) is 6.61 Å². The van der Waals surface area contributed by atoms with E-state index < -0.39 is 10.0 Å². The molecule has 0 aliphatic heterocycles. The van der Waals surface area contributed by atoms with E-state index in [1.807, 2.05) is 24.4 Å². The second-order valence-electron chi connectivity index (χ2n) is 4.99. The molecule has 0 saturated carbocycles. The molecule has 0 aliphatic carbocycles. The summed E-state index contributed by atoms with van der Waals surface area (Å²) in [6, 6.07) is 3.67. The van der Waals surface area contributed by atoms with Crippen molar-refractivity contribution >= 4 is 21.4 Å².